The van der Waals surface area contributed by atoms with Crippen molar-refractivity contribution in [2.45, 2.75) is 46.6 Å². The number of piperazine rings is 1. The molecule has 0 radical (unpaired) electrons. The van der Waals surface area contributed by atoms with E-state index in [1.165, 1.54) is 0 Å². The van der Waals surface area contributed by atoms with Crippen LogP contribution >= 0.6 is 0 Å². The first-order valence-corrected chi connectivity index (χ1v) is 10.4. The van der Waals surface area contributed by atoms with Gasteiger partial charge in [0, 0.05) is 43.8 Å². The van der Waals surface area contributed by atoms with Crippen LogP contribution in [0.3, 0.4) is 0 Å². The number of carboxylic acids is 1. The van der Waals surface area contributed by atoms with E-state index in [1.807, 2.05) is 40.7 Å². The Morgan fingerprint density at radius 2 is 1.70 bits per heavy atom. The molecule has 0 bridgehead atoms. The third kappa shape index (κ3) is 7.33. The van der Waals surface area contributed by atoms with E-state index in [0.29, 0.717) is 44.8 Å². The fraction of sp³-hybridized carbons (Fsp3) is 0.591. The zero-order valence-electron chi connectivity index (χ0n) is 18.6. The first-order valence-electron chi connectivity index (χ1n) is 10.4. The molecule has 1 aliphatic heterocycles. The number of carboxylic acid groups (broad SMARTS) is 1. The highest BCUT2D eigenvalue weighted by Gasteiger charge is 2.23. The molecule has 1 fully saturated rings. The second-order valence-corrected chi connectivity index (χ2v) is 9.24. The van der Waals surface area contributed by atoms with Gasteiger partial charge in [0.05, 0.1) is 17.8 Å². The average molecular weight is 419 g/mol. The molecule has 1 saturated heterocycles. The minimum atomic E-state index is -1.07. The highest BCUT2D eigenvalue weighted by Crippen LogP contribution is 2.25. The molecule has 0 atom stereocenters. The van der Waals surface area contributed by atoms with Crippen molar-refractivity contribution in [3.05, 3.63) is 23.8 Å². The molecule has 166 valence electrons. The van der Waals surface area contributed by atoms with E-state index in [9.17, 15) is 19.5 Å². The van der Waals surface area contributed by atoms with Crippen LogP contribution in [-0.4, -0.2) is 66.1 Å². The quantitative estimate of drug-likeness (QED) is 0.629. The molecule has 2 amide bonds. The summed E-state index contributed by atoms with van der Waals surface area (Å²) in [5.74, 6) is -1.07. The number of aromatic carboxylic acids is 1. The van der Waals surface area contributed by atoms with E-state index in [1.54, 1.807) is 12.1 Å². The zero-order valence-corrected chi connectivity index (χ0v) is 18.6. The maximum atomic E-state index is 12.1. The summed E-state index contributed by atoms with van der Waals surface area (Å²) in [6, 6.07) is 5.09. The highest BCUT2D eigenvalue weighted by atomic mass is 16.4. The van der Waals surface area contributed by atoms with Crippen LogP contribution in [0, 0.1) is 5.92 Å². The van der Waals surface area contributed by atoms with Crippen LogP contribution in [0.1, 0.15) is 51.4 Å². The molecule has 1 aromatic carbocycles. The Balaban J connectivity index is 2.00. The number of carbonyl (C=O) groups excluding carboxylic acids is 2. The van der Waals surface area contributed by atoms with Crippen LogP contribution < -0.4 is 15.5 Å². The Morgan fingerprint density at radius 3 is 2.23 bits per heavy atom. The second-order valence-electron chi connectivity index (χ2n) is 9.24. The van der Waals surface area contributed by atoms with Gasteiger partial charge in [-0.15, -0.1) is 0 Å². The third-order valence-corrected chi connectivity index (χ3v) is 4.72. The third-order valence-electron chi connectivity index (χ3n) is 4.72. The summed E-state index contributed by atoms with van der Waals surface area (Å²) in [6.07, 6.45) is 0.339. The topological polar surface area (TPSA) is 102 Å². The Morgan fingerprint density at radius 1 is 1.07 bits per heavy atom. The normalized spacial score (nSPS) is 15.2. The SMILES string of the molecule is CC(C)CC(=O)Nc1ccc(N2CCN(CC(=O)NC(C)(C)C)CC2)cc1C(=O)O. The molecule has 0 unspecified atom stereocenters. The molecule has 1 aromatic rings. The summed E-state index contributed by atoms with van der Waals surface area (Å²) in [4.78, 5) is 40.1. The lowest BCUT2D eigenvalue weighted by atomic mass is 10.1. The first-order chi connectivity index (χ1) is 13.9. The average Bonchev–Trinajstić information content (AvgIpc) is 2.60. The number of rotatable bonds is 7. The summed E-state index contributed by atoms with van der Waals surface area (Å²) in [7, 11) is 0. The van der Waals surface area contributed by atoms with Crippen LogP contribution in [0.2, 0.25) is 0 Å². The van der Waals surface area contributed by atoms with Crippen LogP contribution in [0.15, 0.2) is 18.2 Å². The molecule has 0 spiro atoms. The molecule has 0 aliphatic carbocycles. The van der Waals surface area contributed by atoms with Crippen molar-refractivity contribution in [2.75, 3.05) is 42.9 Å². The van der Waals surface area contributed by atoms with Gasteiger partial charge in [0.25, 0.3) is 0 Å². The van der Waals surface area contributed by atoms with Crippen LogP contribution in [0.5, 0.6) is 0 Å². The van der Waals surface area contributed by atoms with Gasteiger partial charge in [-0.1, -0.05) is 13.8 Å². The molecule has 0 saturated carbocycles. The minimum Gasteiger partial charge on any atom is -0.478 e. The van der Waals surface area contributed by atoms with Gasteiger partial charge in [-0.05, 0) is 44.9 Å². The predicted octanol–water partition coefficient (Wildman–Crippen LogP) is 2.41. The maximum absolute atomic E-state index is 12.1. The predicted molar refractivity (Wildman–Crippen MR) is 118 cm³/mol. The molecular formula is C22H34N4O4. The second kappa shape index (κ2) is 9.93. The summed E-state index contributed by atoms with van der Waals surface area (Å²) in [5.41, 5.74) is 0.942. The van der Waals surface area contributed by atoms with Crippen molar-refractivity contribution in [3.63, 3.8) is 0 Å². The maximum Gasteiger partial charge on any atom is 0.337 e. The number of anilines is 2. The molecule has 2 rings (SSSR count). The lowest BCUT2D eigenvalue weighted by Crippen LogP contribution is -2.51. The van der Waals surface area contributed by atoms with Crippen molar-refractivity contribution in [3.8, 4) is 0 Å². The molecule has 1 aliphatic rings. The molecule has 8 heteroatoms. The van der Waals surface area contributed by atoms with Gasteiger partial charge in [-0.2, -0.15) is 0 Å². The van der Waals surface area contributed by atoms with E-state index in [-0.39, 0.29) is 28.8 Å². The van der Waals surface area contributed by atoms with Gasteiger partial charge in [0.15, 0.2) is 0 Å². The molecular weight excluding hydrogens is 384 g/mol. The van der Waals surface area contributed by atoms with Gasteiger partial charge in [-0.3, -0.25) is 14.5 Å². The molecule has 0 aromatic heterocycles. The summed E-state index contributed by atoms with van der Waals surface area (Å²) < 4.78 is 0. The highest BCUT2D eigenvalue weighted by molar-refractivity contribution is 6.01. The molecule has 30 heavy (non-hydrogen) atoms. The number of nitrogens with zero attached hydrogens (tertiary/aromatic N) is 2. The van der Waals surface area contributed by atoms with Gasteiger partial charge < -0.3 is 20.6 Å². The Hall–Kier alpha value is -2.61. The number of nitrogens with one attached hydrogen (secondary N) is 2. The van der Waals surface area contributed by atoms with E-state index < -0.39 is 5.97 Å². The smallest absolute Gasteiger partial charge is 0.337 e. The van der Waals surface area contributed by atoms with Gasteiger partial charge in [-0.25, -0.2) is 4.79 Å². The van der Waals surface area contributed by atoms with Crippen LogP contribution in [-0.2, 0) is 9.59 Å². The molecule has 1 heterocycles. The lowest BCUT2D eigenvalue weighted by Gasteiger charge is -2.36. The van der Waals surface area contributed by atoms with E-state index in [4.69, 9.17) is 0 Å². The van der Waals surface area contributed by atoms with Crippen molar-refractivity contribution >= 4 is 29.2 Å². The fourth-order valence-electron chi connectivity index (χ4n) is 3.41. The fourth-order valence-corrected chi connectivity index (χ4v) is 3.41. The number of benzene rings is 1. The monoisotopic (exact) mass is 418 g/mol. The van der Waals surface area contributed by atoms with Gasteiger partial charge in [0.1, 0.15) is 0 Å². The van der Waals surface area contributed by atoms with E-state index in [0.717, 1.165) is 5.69 Å². The van der Waals surface area contributed by atoms with Crippen molar-refractivity contribution < 1.29 is 19.5 Å². The molecule has 8 nitrogen and oxygen atoms in total. The standard InChI is InChI=1S/C22H34N4O4/c1-15(2)12-19(27)23-18-7-6-16(13-17(18)21(29)30)26-10-8-25(9-11-26)14-20(28)24-22(3,4)5/h6-7,13,15H,8-12,14H2,1-5H3,(H,23,27)(H,24,28)(H,29,30). The summed E-state index contributed by atoms with van der Waals surface area (Å²) in [5, 5.41) is 15.3. The lowest BCUT2D eigenvalue weighted by molar-refractivity contribution is -0.123. The van der Waals surface area contributed by atoms with Gasteiger partial charge >= 0.3 is 5.97 Å². The largest absolute Gasteiger partial charge is 0.478 e. The Labute approximate surface area is 178 Å². The van der Waals surface area contributed by atoms with Crippen LogP contribution in [0.4, 0.5) is 11.4 Å². The first kappa shape index (κ1) is 23.7. The van der Waals surface area contributed by atoms with E-state index >= 15 is 0 Å². The van der Waals surface area contributed by atoms with Crippen molar-refractivity contribution in [1.82, 2.24) is 10.2 Å². The zero-order chi connectivity index (χ0) is 22.5. The van der Waals surface area contributed by atoms with Crippen LogP contribution in [0.25, 0.3) is 0 Å². The summed E-state index contributed by atoms with van der Waals surface area (Å²) in [6.45, 7) is 12.9. The van der Waals surface area contributed by atoms with Crippen molar-refractivity contribution in [2.24, 2.45) is 5.92 Å². The minimum absolute atomic E-state index is 0.00519. The number of carbonyl (C=O) groups is 3. The number of hydrogen-bond donors (Lipinski definition) is 3. The van der Waals surface area contributed by atoms with Gasteiger partial charge in [0.2, 0.25) is 11.8 Å². The molecule has 3 N–H and O–H groups in total. The summed E-state index contributed by atoms with van der Waals surface area (Å²) >= 11 is 0. The van der Waals surface area contributed by atoms with Crippen molar-refractivity contribution in [1.29, 1.82) is 0 Å². The number of hydrogen-bond acceptors (Lipinski definition) is 5. The Kier molecular flexibility index (Phi) is 7.83. The number of amides is 2. The Bertz CT molecular complexity index is 778. The van der Waals surface area contributed by atoms with E-state index in [2.05, 4.69) is 20.4 Å².